The van der Waals surface area contributed by atoms with Crippen molar-refractivity contribution in [2.75, 3.05) is 5.32 Å². The summed E-state index contributed by atoms with van der Waals surface area (Å²) < 4.78 is 6.71. The van der Waals surface area contributed by atoms with Crippen LogP contribution >= 0.6 is 66.7 Å². The Labute approximate surface area is 260 Å². The summed E-state index contributed by atoms with van der Waals surface area (Å²) in [7, 11) is 0. The number of carbonyl (C=O) groups is 3. The number of rotatable bonds is 7. The fourth-order valence-electron chi connectivity index (χ4n) is 3.39. The van der Waals surface area contributed by atoms with Gasteiger partial charge in [-0.05, 0) is 76.6 Å². The molecule has 0 saturated heterocycles. The molecular formula is C28H16Br2Cl3N3O4. The monoisotopic (exact) mass is 721 g/mol. The maximum atomic E-state index is 12.8. The van der Waals surface area contributed by atoms with Crippen molar-refractivity contribution in [3.05, 3.63) is 125 Å². The minimum absolute atomic E-state index is 0.124. The second kappa shape index (κ2) is 13.4. The zero-order valence-corrected chi connectivity index (χ0v) is 25.5. The Morgan fingerprint density at radius 1 is 0.800 bits per heavy atom. The third-order valence-corrected chi connectivity index (χ3v) is 7.18. The molecule has 0 aliphatic carbocycles. The first-order valence-electron chi connectivity index (χ1n) is 11.3. The van der Waals surface area contributed by atoms with Crippen LogP contribution in [0.3, 0.4) is 0 Å². The number of esters is 1. The second-order valence-corrected chi connectivity index (χ2v) is 11.1. The van der Waals surface area contributed by atoms with E-state index in [4.69, 9.17) is 39.5 Å². The quantitative estimate of drug-likeness (QED) is 0.0866. The van der Waals surface area contributed by atoms with Crippen LogP contribution in [0.1, 0.15) is 36.6 Å². The lowest BCUT2D eigenvalue weighted by Crippen LogP contribution is -2.18. The van der Waals surface area contributed by atoms with E-state index in [0.29, 0.717) is 35.8 Å². The first kappa shape index (κ1) is 29.8. The fraction of sp³-hybridized carbons (Fsp3) is 0. The number of carbonyl (C=O) groups excluding carboxylic acids is 3. The number of hydrogen-bond acceptors (Lipinski definition) is 5. The molecule has 0 aromatic heterocycles. The highest BCUT2D eigenvalue weighted by Gasteiger charge is 2.18. The molecule has 0 heterocycles. The molecule has 4 aromatic carbocycles. The summed E-state index contributed by atoms with van der Waals surface area (Å²) in [5, 5.41) is 7.56. The number of nitrogens with one attached hydrogen (secondary N) is 2. The van der Waals surface area contributed by atoms with Crippen molar-refractivity contribution in [2.45, 2.75) is 0 Å². The molecule has 0 atom stereocenters. The van der Waals surface area contributed by atoms with Gasteiger partial charge in [0.1, 0.15) is 0 Å². The van der Waals surface area contributed by atoms with E-state index < -0.39 is 17.8 Å². The van der Waals surface area contributed by atoms with Crippen LogP contribution in [0, 0.1) is 0 Å². The summed E-state index contributed by atoms with van der Waals surface area (Å²) in [5.41, 5.74) is 3.87. The van der Waals surface area contributed by atoms with Gasteiger partial charge in [0.25, 0.3) is 11.8 Å². The van der Waals surface area contributed by atoms with Crippen molar-refractivity contribution in [1.82, 2.24) is 5.43 Å². The smallest absolute Gasteiger partial charge is 0.345 e. The van der Waals surface area contributed by atoms with Gasteiger partial charge in [-0.25, -0.2) is 10.2 Å². The van der Waals surface area contributed by atoms with E-state index in [1.807, 2.05) is 0 Å². The van der Waals surface area contributed by atoms with Crippen molar-refractivity contribution in [3.63, 3.8) is 0 Å². The Hall–Kier alpha value is -3.21. The summed E-state index contributed by atoms with van der Waals surface area (Å²) in [4.78, 5) is 38.1. The van der Waals surface area contributed by atoms with Crippen molar-refractivity contribution in [1.29, 1.82) is 0 Å². The molecule has 12 heteroatoms. The number of nitrogens with zero attached hydrogens (tertiary/aromatic N) is 1. The number of amides is 2. The SMILES string of the molecule is O=C(NN=Cc1cc(Br)cc(Br)c1OC(=O)c1ccc(Cl)cc1Cl)c1cccc(NC(=O)c2ccccc2Cl)c1. The molecule has 0 spiro atoms. The maximum absolute atomic E-state index is 12.8. The summed E-state index contributed by atoms with van der Waals surface area (Å²) in [6.07, 6.45) is 1.32. The lowest BCUT2D eigenvalue weighted by molar-refractivity contribution is 0.0732. The predicted molar refractivity (Wildman–Crippen MR) is 164 cm³/mol. The fourth-order valence-corrected chi connectivity index (χ4v) is 5.44. The van der Waals surface area contributed by atoms with Gasteiger partial charge in [0.2, 0.25) is 0 Å². The van der Waals surface area contributed by atoms with Crippen LogP contribution in [0.5, 0.6) is 5.75 Å². The molecule has 4 rings (SSSR count). The maximum Gasteiger partial charge on any atom is 0.345 e. The van der Waals surface area contributed by atoms with Gasteiger partial charge in [0, 0.05) is 26.3 Å². The minimum Gasteiger partial charge on any atom is -0.421 e. The van der Waals surface area contributed by atoms with Crippen LogP contribution in [-0.4, -0.2) is 24.0 Å². The molecule has 0 aliphatic rings. The molecule has 0 radical (unpaired) electrons. The van der Waals surface area contributed by atoms with Crippen LogP contribution in [0.4, 0.5) is 5.69 Å². The van der Waals surface area contributed by atoms with Gasteiger partial charge >= 0.3 is 5.97 Å². The Morgan fingerprint density at radius 3 is 2.33 bits per heavy atom. The van der Waals surface area contributed by atoms with Gasteiger partial charge in [0.05, 0.1) is 31.9 Å². The van der Waals surface area contributed by atoms with E-state index in [1.165, 1.54) is 30.5 Å². The van der Waals surface area contributed by atoms with E-state index >= 15 is 0 Å². The largest absolute Gasteiger partial charge is 0.421 e. The van der Waals surface area contributed by atoms with Crippen LogP contribution in [0.15, 0.2) is 92.9 Å². The highest BCUT2D eigenvalue weighted by atomic mass is 79.9. The van der Waals surface area contributed by atoms with E-state index in [0.717, 1.165) is 0 Å². The molecule has 7 nitrogen and oxygen atoms in total. The Morgan fingerprint density at radius 2 is 1.57 bits per heavy atom. The molecule has 2 N–H and O–H groups in total. The van der Waals surface area contributed by atoms with Crippen LogP contribution in [0.25, 0.3) is 0 Å². The predicted octanol–water partition coefficient (Wildman–Crippen LogP) is 8.41. The lowest BCUT2D eigenvalue weighted by atomic mass is 10.1. The van der Waals surface area contributed by atoms with Crippen LogP contribution < -0.4 is 15.5 Å². The van der Waals surface area contributed by atoms with E-state index in [-0.39, 0.29) is 21.9 Å². The normalized spacial score (nSPS) is 10.8. The number of halogens is 5. The summed E-state index contributed by atoms with van der Waals surface area (Å²) >= 11 is 24.9. The van der Waals surface area contributed by atoms with Crippen molar-refractivity contribution in [2.24, 2.45) is 5.10 Å². The van der Waals surface area contributed by atoms with E-state index in [1.54, 1.807) is 54.6 Å². The molecule has 0 aliphatic heterocycles. The number of anilines is 1. The first-order valence-corrected chi connectivity index (χ1v) is 14.0. The number of benzene rings is 4. The first-order chi connectivity index (χ1) is 19.1. The minimum atomic E-state index is -0.709. The number of ether oxygens (including phenoxy) is 1. The average Bonchev–Trinajstić information content (AvgIpc) is 2.90. The van der Waals surface area contributed by atoms with Gasteiger partial charge < -0.3 is 10.1 Å². The third-order valence-electron chi connectivity index (χ3n) is 5.25. The Bertz CT molecular complexity index is 1660. The molecule has 40 heavy (non-hydrogen) atoms. The van der Waals surface area contributed by atoms with Crippen molar-refractivity contribution in [3.8, 4) is 5.75 Å². The topological polar surface area (TPSA) is 96.9 Å². The van der Waals surface area contributed by atoms with Crippen LogP contribution in [-0.2, 0) is 0 Å². The molecule has 0 unspecified atom stereocenters. The molecule has 0 bridgehead atoms. The molecule has 4 aromatic rings. The van der Waals surface area contributed by atoms with Gasteiger partial charge in [-0.3, -0.25) is 9.59 Å². The standard InChI is InChI=1S/C28H16Br2Cl3N3O4/c29-17-10-16(25(22(30)12-17)40-28(39)21-9-8-18(31)13-24(21)33)14-34-36-26(37)15-4-3-5-19(11-15)35-27(38)20-6-1-2-7-23(20)32/h1-14H,(H,35,38)(H,36,37). The highest BCUT2D eigenvalue weighted by Crippen LogP contribution is 2.33. The van der Waals surface area contributed by atoms with E-state index in [9.17, 15) is 14.4 Å². The number of hydrazone groups is 1. The van der Waals surface area contributed by atoms with Crippen molar-refractivity contribution < 1.29 is 19.1 Å². The Balaban J connectivity index is 1.48. The number of hydrogen-bond donors (Lipinski definition) is 2. The average molecular weight is 725 g/mol. The lowest BCUT2D eigenvalue weighted by Gasteiger charge is -2.11. The molecular weight excluding hydrogens is 708 g/mol. The third kappa shape index (κ3) is 7.50. The Kier molecular flexibility index (Phi) is 9.99. The van der Waals surface area contributed by atoms with Gasteiger partial charge in [-0.1, -0.05) is 68.9 Å². The molecule has 202 valence electrons. The van der Waals surface area contributed by atoms with Gasteiger partial charge in [-0.15, -0.1) is 0 Å². The highest BCUT2D eigenvalue weighted by molar-refractivity contribution is 9.11. The van der Waals surface area contributed by atoms with E-state index in [2.05, 4.69) is 47.7 Å². The second-order valence-electron chi connectivity index (χ2n) is 8.03. The summed E-state index contributed by atoms with van der Waals surface area (Å²) in [6.45, 7) is 0. The zero-order chi connectivity index (χ0) is 28.8. The van der Waals surface area contributed by atoms with Gasteiger partial charge in [-0.2, -0.15) is 5.10 Å². The molecule has 2 amide bonds. The van der Waals surface area contributed by atoms with Crippen LogP contribution in [0.2, 0.25) is 15.1 Å². The summed E-state index contributed by atoms with van der Waals surface area (Å²) in [6, 6.07) is 20.7. The zero-order valence-electron chi connectivity index (χ0n) is 20.1. The molecule has 0 saturated carbocycles. The van der Waals surface area contributed by atoms with Crippen molar-refractivity contribution >= 4 is 96.3 Å². The molecule has 0 fully saturated rings. The van der Waals surface area contributed by atoms with Gasteiger partial charge in [0.15, 0.2) is 5.75 Å². The summed E-state index contributed by atoms with van der Waals surface area (Å²) in [5.74, 6) is -1.51.